The lowest BCUT2D eigenvalue weighted by atomic mass is 10.2. The summed E-state index contributed by atoms with van der Waals surface area (Å²) in [4.78, 5) is 26.4. The quantitative estimate of drug-likeness (QED) is 0.837. The van der Waals surface area contributed by atoms with Crippen LogP contribution in [0.5, 0.6) is 0 Å². The molecule has 1 aliphatic heterocycles. The Hall–Kier alpha value is -1.26. The zero-order valence-corrected chi connectivity index (χ0v) is 11.4. The van der Waals surface area contributed by atoms with E-state index >= 15 is 0 Å². The molecule has 0 saturated carbocycles. The summed E-state index contributed by atoms with van der Waals surface area (Å²) in [6.45, 7) is 5.80. The molecule has 0 aromatic rings. The number of amides is 2. The normalized spacial score (nSPS) is 16.5. The predicted molar refractivity (Wildman–Crippen MR) is 69.5 cm³/mol. The van der Waals surface area contributed by atoms with Gasteiger partial charge in [0.05, 0.1) is 0 Å². The molecule has 2 amide bonds. The van der Waals surface area contributed by atoms with Gasteiger partial charge in [-0.05, 0) is 18.8 Å². The molecule has 0 bridgehead atoms. The van der Waals surface area contributed by atoms with Crippen LogP contribution in [-0.2, 0) is 4.79 Å². The second-order valence-electron chi connectivity index (χ2n) is 5.35. The Morgan fingerprint density at radius 2 is 1.72 bits per heavy atom. The number of carboxylic acid groups (broad SMARTS) is 1. The first kappa shape index (κ1) is 14.8. The van der Waals surface area contributed by atoms with Crippen molar-refractivity contribution in [2.45, 2.75) is 39.5 Å². The minimum absolute atomic E-state index is 0.118. The number of urea groups is 1. The van der Waals surface area contributed by atoms with Crippen LogP contribution in [0.15, 0.2) is 0 Å². The maximum Gasteiger partial charge on any atom is 0.323 e. The largest absolute Gasteiger partial charge is 0.480 e. The van der Waals surface area contributed by atoms with E-state index in [0.717, 1.165) is 38.8 Å². The summed E-state index contributed by atoms with van der Waals surface area (Å²) in [7, 11) is 0. The van der Waals surface area contributed by atoms with Crippen molar-refractivity contribution in [3.63, 3.8) is 0 Å². The van der Waals surface area contributed by atoms with Gasteiger partial charge in [-0.25, -0.2) is 4.79 Å². The van der Waals surface area contributed by atoms with Gasteiger partial charge in [-0.1, -0.05) is 26.7 Å². The molecule has 0 aliphatic carbocycles. The molecule has 0 radical (unpaired) electrons. The third-order valence-electron chi connectivity index (χ3n) is 3.06. The third-order valence-corrected chi connectivity index (χ3v) is 3.06. The number of hydrogen-bond donors (Lipinski definition) is 1. The van der Waals surface area contributed by atoms with Gasteiger partial charge in [0, 0.05) is 19.6 Å². The van der Waals surface area contributed by atoms with Crippen molar-refractivity contribution >= 4 is 12.0 Å². The van der Waals surface area contributed by atoms with Gasteiger partial charge in [-0.2, -0.15) is 0 Å². The fourth-order valence-corrected chi connectivity index (χ4v) is 2.28. The molecule has 5 heteroatoms. The highest BCUT2D eigenvalue weighted by molar-refractivity contribution is 5.80. The number of carbonyl (C=O) groups excluding carboxylic acids is 1. The molecule has 0 aromatic heterocycles. The van der Waals surface area contributed by atoms with E-state index in [4.69, 9.17) is 5.11 Å². The summed E-state index contributed by atoms with van der Waals surface area (Å²) in [5, 5.41) is 8.89. The zero-order chi connectivity index (χ0) is 13.5. The molecular weight excluding hydrogens is 232 g/mol. The van der Waals surface area contributed by atoms with E-state index < -0.39 is 5.97 Å². The average Bonchev–Trinajstić information content (AvgIpc) is 2.54. The Morgan fingerprint density at radius 3 is 2.17 bits per heavy atom. The third kappa shape index (κ3) is 4.94. The van der Waals surface area contributed by atoms with Gasteiger partial charge in [0.1, 0.15) is 6.54 Å². The van der Waals surface area contributed by atoms with E-state index in [1.54, 1.807) is 4.90 Å². The molecule has 1 rings (SSSR count). The fraction of sp³-hybridized carbons (Fsp3) is 0.846. The highest BCUT2D eigenvalue weighted by Gasteiger charge is 2.23. The van der Waals surface area contributed by atoms with Crippen LogP contribution in [-0.4, -0.2) is 53.1 Å². The maximum atomic E-state index is 12.3. The molecule has 0 unspecified atom stereocenters. The molecule has 1 aliphatic rings. The van der Waals surface area contributed by atoms with Gasteiger partial charge < -0.3 is 14.9 Å². The average molecular weight is 256 g/mol. The molecule has 18 heavy (non-hydrogen) atoms. The Bertz CT molecular complexity index is 284. The minimum Gasteiger partial charge on any atom is -0.480 e. The van der Waals surface area contributed by atoms with Gasteiger partial charge >= 0.3 is 12.0 Å². The summed E-state index contributed by atoms with van der Waals surface area (Å²) in [6, 6.07) is -0.118. The summed E-state index contributed by atoms with van der Waals surface area (Å²) in [5.41, 5.74) is 0. The molecule has 1 N–H and O–H groups in total. The van der Waals surface area contributed by atoms with Crippen LogP contribution in [0.25, 0.3) is 0 Å². The summed E-state index contributed by atoms with van der Waals surface area (Å²) in [5.74, 6) is -0.667. The van der Waals surface area contributed by atoms with Gasteiger partial charge in [0.25, 0.3) is 0 Å². The number of hydrogen-bond acceptors (Lipinski definition) is 2. The van der Waals surface area contributed by atoms with Crippen molar-refractivity contribution in [2.75, 3.05) is 26.2 Å². The Morgan fingerprint density at radius 1 is 1.17 bits per heavy atom. The van der Waals surface area contributed by atoms with Crippen molar-refractivity contribution in [1.29, 1.82) is 0 Å². The first-order valence-corrected chi connectivity index (χ1v) is 6.76. The standard InChI is InChI=1S/C13H24N2O3/c1-11(2)9-15(10-12(16)17)13(18)14-7-5-3-4-6-8-14/h11H,3-10H2,1-2H3,(H,16,17). The highest BCUT2D eigenvalue weighted by Crippen LogP contribution is 2.12. The Labute approximate surface area is 109 Å². The van der Waals surface area contributed by atoms with Gasteiger partial charge in [-0.3, -0.25) is 4.79 Å². The van der Waals surface area contributed by atoms with E-state index in [1.165, 1.54) is 4.90 Å². The molecule has 1 fully saturated rings. The fourth-order valence-electron chi connectivity index (χ4n) is 2.28. The first-order valence-electron chi connectivity index (χ1n) is 6.76. The Balaban J connectivity index is 2.63. The molecule has 0 atom stereocenters. The van der Waals surface area contributed by atoms with E-state index in [-0.39, 0.29) is 18.5 Å². The van der Waals surface area contributed by atoms with Crippen LogP contribution in [0.3, 0.4) is 0 Å². The van der Waals surface area contributed by atoms with Crippen LogP contribution >= 0.6 is 0 Å². The van der Waals surface area contributed by atoms with E-state index in [0.29, 0.717) is 6.54 Å². The van der Waals surface area contributed by atoms with Crippen molar-refractivity contribution in [1.82, 2.24) is 9.80 Å². The summed E-state index contributed by atoms with van der Waals surface area (Å²) in [6.07, 6.45) is 4.36. The lowest BCUT2D eigenvalue weighted by Gasteiger charge is -2.30. The summed E-state index contributed by atoms with van der Waals surface area (Å²) >= 11 is 0. The van der Waals surface area contributed by atoms with Crippen LogP contribution in [0.4, 0.5) is 4.79 Å². The van der Waals surface area contributed by atoms with E-state index in [9.17, 15) is 9.59 Å². The van der Waals surface area contributed by atoms with Gasteiger partial charge in [-0.15, -0.1) is 0 Å². The minimum atomic E-state index is -0.946. The van der Waals surface area contributed by atoms with Crippen LogP contribution in [0.1, 0.15) is 39.5 Å². The second-order valence-corrected chi connectivity index (χ2v) is 5.35. The smallest absolute Gasteiger partial charge is 0.323 e. The number of carbonyl (C=O) groups is 2. The molecule has 104 valence electrons. The van der Waals surface area contributed by atoms with E-state index in [1.807, 2.05) is 13.8 Å². The van der Waals surface area contributed by atoms with Crippen LogP contribution < -0.4 is 0 Å². The monoisotopic (exact) mass is 256 g/mol. The van der Waals surface area contributed by atoms with Crippen molar-refractivity contribution in [3.05, 3.63) is 0 Å². The van der Waals surface area contributed by atoms with Gasteiger partial charge in [0.15, 0.2) is 0 Å². The Kier molecular flexibility index (Phi) is 5.95. The van der Waals surface area contributed by atoms with Crippen molar-refractivity contribution < 1.29 is 14.7 Å². The predicted octanol–water partition coefficient (Wildman–Crippen LogP) is 2.02. The maximum absolute atomic E-state index is 12.3. The molecule has 1 heterocycles. The number of nitrogens with zero attached hydrogens (tertiary/aromatic N) is 2. The first-order chi connectivity index (χ1) is 8.50. The van der Waals surface area contributed by atoms with Crippen LogP contribution in [0, 0.1) is 5.92 Å². The molecule has 1 saturated heterocycles. The van der Waals surface area contributed by atoms with Crippen molar-refractivity contribution in [2.24, 2.45) is 5.92 Å². The zero-order valence-electron chi connectivity index (χ0n) is 11.4. The lowest BCUT2D eigenvalue weighted by Crippen LogP contribution is -2.47. The lowest BCUT2D eigenvalue weighted by molar-refractivity contribution is -0.137. The van der Waals surface area contributed by atoms with Crippen molar-refractivity contribution in [3.8, 4) is 0 Å². The molecule has 0 aromatic carbocycles. The number of rotatable bonds is 4. The number of aliphatic carboxylic acids is 1. The molecule has 5 nitrogen and oxygen atoms in total. The topological polar surface area (TPSA) is 60.9 Å². The molecule has 0 spiro atoms. The van der Waals surface area contributed by atoms with Gasteiger partial charge in [0.2, 0.25) is 0 Å². The molecular formula is C13H24N2O3. The summed E-state index contributed by atoms with van der Waals surface area (Å²) < 4.78 is 0. The number of carboxylic acids is 1. The highest BCUT2D eigenvalue weighted by atomic mass is 16.4. The van der Waals surface area contributed by atoms with E-state index in [2.05, 4.69) is 0 Å². The second kappa shape index (κ2) is 7.24. The van der Waals surface area contributed by atoms with Crippen LogP contribution in [0.2, 0.25) is 0 Å². The SMILES string of the molecule is CC(C)CN(CC(=O)O)C(=O)N1CCCCCC1. The number of likely N-dealkylation sites (tertiary alicyclic amines) is 1.